The van der Waals surface area contributed by atoms with E-state index in [9.17, 15) is 0 Å². The Morgan fingerprint density at radius 2 is 2.18 bits per heavy atom. The third kappa shape index (κ3) is 3.38. The van der Waals surface area contributed by atoms with Crippen molar-refractivity contribution in [1.82, 2.24) is 20.1 Å². The second kappa shape index (κ2) is 5.42. The average molecular weight is 250 g/mol. The Morgan fingerprint density at radius 3 is 2.71 bits per heavy atom. The Labute approximate surface area is 106 Å². The highest BCUT2D eigenvalue weighted by Gasteiger charge is 2.11. The van der Waals surface area contributed by atoms with Gasteiger partial charge in [-0.2, -0.15) is 5.10 Å². The van der Waals surface area contributed by atoms with Gasteiger partial charge in [0.25, 0.3) is 0 Å². The van der Waals surface area contributed by atoms with Crippen molar-refractivity contribution in [3.8, 4) is 0 Å². The molecule has 0 aliphatic carbocycles. The van der Waals surface area contributed by atoms with E-state index >= 15 is 0 Å². The average Bonchev–Trinajstić information content (AvgIpc) is 2.87. The summed E-state index contributed by atoms with van der Waals surface area (Å²) in [5.41, 5.74) is 2.29. The molecule has 0 aliphatic heterocycles. The SMILES string of the molecule is CNC(Cc1csc(C)n1)Cc1ccn(C)n1. The predicted molar refractivity (Wildman–Crippen MR) is 70.3 cm³/mol. The van der Waals surface area contributed by atoms with Crippen molar-refractivity contribution in [3.05, 3.63) is 34.0 Å². The Balaban J connectivity index is 1.97. The van der Waals surface area contributed by atoms with Gasteiger partial charge in [0.1, 0.15) is 0 Å². The molecular weight excluding hydrogens is 232 g/mol. The second-order valence-electron chi connectivity index (χ2n) is 4.23. The van der Waals surface area contributed by atoms with Crippen LogP contribution in [0.15, 0.2) is 17.6 Å². The predicted octanol–water partition coefficient (Wildman–Crippen LogP) is 1.56. The summed E-state index contributed by atoms with van der Waals surface area (Å²) in [4.78, 5) is 4.50. The second-order valence-corrected chi connectivity index (χ2v) is 5.29. The molecule has 0 saturated heterocycles. The fourth-order valence-corrected chi connectivity index (χ4v) is 2.48. The summed E-state index contributed by atoms with van der Waals surface area (Å²) in [5, 5.41) is 11.0. The number of likely N-dealkylation sites (N-methyl/N-ethyl adjacent to an activating group) is 1. The maximum atomic E-state index is 4.50. The molecule has 1 N–H and O–H groups in total. The first kappa shape index (κ1) is 12.3. The standard InChI is InChI=1S/C12H18N4S/c1-9-14-12(8-17-9)7-11(13-2)6-10-4-5-16(3)15-10/h4-5,8,11,13H,6-7H2,1-3H3. The molecule has 2 aromatic heterocycles. The van der Waals surface area contributed by atoms with Crippen LogP contribution in [0.1, 0.15) is 16.4 Å². The van der Waals surface area contributed by atoms with Crippen molar-refractivity contribution in [1.29, 1.82) is 0 Å². The highest BCUT2D eigenvalue weighted by molar-refractivity contribution is 7.09. The highest BCUT2D eigenvalue weighted by atomic mass is 32.1. The van der Waals surface area contributed by atoms with Gasteiger partial charge in [0.05, 0.1) is 16.4 Å². The quantitative estimate of drug-likeness (QED) is 0.875. The van der Waals surface area contributed by atoms with Crippen LogP contribution in [0, 0.1) is 6.92 Å². The monoisotopic (exact) mass is 250 g/mol. The smallest absolute Gasteiger partial charge is 0.0897 e. The van der Waals surface area contributed by atoms with Crippen LogP contribution in [0.3, 0.4) is 0 Å². The summed E-state index contributed by atoms with van der Waals surface area (Å²) < 4.78 is 1.84. The first-order valence-electron chi connectivity index (χ1n) is 5.74. The number of hydrogen-bond donors (Lipinski definition) is 1. The zero-order valence-corrected chi connectivity index (χ0v) is 11.3. The summed E-state index contributed by atoms with van der Waals surface area (Å²) in [5.74, 6) is 0. The fourth-order valence-electron chi connectivity index (χ4n) is 1.86. The Morgan fingerprint density at radius 1 is 1.41 bits per heavy atom. The molecule has 0 spiro atoms. The molecule has 0 bridgehead atoms. The first-order valence-corrected chi connectivity index (χ1v) is 6.62. The topological polar surface area (TPSA) is 42.7 Å². The van der Waals surface area contributed by atoms with E-state index in [1.54, 1.807) is 11.3 Å². The summed E-state index contributed by atoms with van der Waals surface area (Å²) in [6, 6.07) is 2.46. The van der Waals surface area contributed by atoms with Gasteiger partial charge in [0, 0.05) is 37.5 Å². The van der Waals surface area contributed by atoms with Crippen LogP contribution in [0.5, 0.6) is 0 Å². The summed E-state index contributed by atoms with van der Waals surface area (Å²) >= 11 is 1.71. The fraction of sp³-hybridized carbons (Fsp3) is 0.500. The summed E-state index contributed by atoms with van der Waals surface area (Å²) in [7, 11) is 3.94. The lowest BCUT2D eigenvalue weighted by atomic mass is 10.1. The minimum atomic E-state index is 0.395. The lowest BCUT2D eigenvalue weighted by Crippen LogP contribution is -2.30. The zero-order valence-electron chi connectivity index (χ0n) is 10.5. The molecule has 1 unspecified atom stereocenters. The Kier molecular flexibility index (Phi) is 3.91. The molecule has 0 amide bonds. The van der Waals surface area contributed by atoms with Gasteiger partial charge in [-0.05, 0) is 20.0 Å². The van der Waals surface area contributed by atoms with Crippen LogP contribution in [-0.2, 0) is 19.9 Å². The minimum Gasteiger partial charge on any atom is -0.316 e. The first-order chi connectivity index (χ1) is 8.17. The maximum Gasteiger partial charge on any atom is 0.0897 e. The molecule has 0 aromatic carbocycles. The third-order valence-corrected chi connectivity index (χ3v) is 3.58. The van der Waals surface area contributed by atoms with Crippen LogP contribution < -0.4 is 5.32 Å². The van der Waals surface area contributed by atoms with Crippen molar-refractivity contribution < 1.29 is 0 Å². The molecule has 2 rings (SSSR count). The lowest BCUT2D eigenvalue weighted by Gasteiger charge is -2.13. The molecule has 2 heterocycles. The molecule has 5 heteroatoms. The minimum absolute atomic E-state index is 0.395. The molecule has 0 saturated carbocycles. The lowest BCUT2D eigenvalue weighted by molar-refractivity contribution is 0.541. The van der Waals surface area contributed by atoms with E-state index in [0.29, 0.717) is 6.04 Å². The van der Waals surface area contributed by atoms with E-state index in [0.717, 1.165) is 23.5 Å². The van der Waals surface area contributed by atoms with Crippen molar-refractivity contribution in [2.45, 2.75) is 25.8 Å². The number of nitrogens with zero attached hydrogens (tertiary/aromatic N) is 3. The van der Waals surface area contributed by atoms with Gasteiger partial charge in [-0.25, -0.2) is 4.98 Å². The normalized spacial score (nSPS) is 12.9. The highest BCUT2D eigenvalue weighted by Crippen LogP contribution is 2.11. The van der Waals surface area contributed by atoms with Gasteiger partial charge in [0.15, 0.2) is 0 Å². The summed E-state index contributed by atoms with van der Waals surface area (Å²) in [6.07, 6.45) is 3.88. The van der Waals surface area contributed by atoms with E-state index in [-0.39, 0.29) is 0 Å². The van der Waals surface area contributed by atoms with Gasteiger partial charge in [-0.1, -0.05) is 0 Å². The molecule has 0 fully saturated rings. The number of rotatable bonds is 5. The van der Waals surface area contributed by atoms with Gasteiger partial charge in [0.2, 0.25) is 0 Å². The molecule has 0 aliphatic rings. The summed E-state index contributed by atoms with van der Waals surface area (Å²) in [6.45, 7) is 2.04. The van der Waals surface area contributed by atoms with E-state index in [4.69, 9.17) is 0 Å². The van der Waals surface area contributed by atoms with Crippen molar-refractivity contribution in [2.24, 2.45) is 7.05 Å². The Hall–Kier alpha value is -1.20. The molecular formula is C12H18N4S. The van der Waals surface area contributed by atoms with Crippen LogP contribution in [0.25, 0.3) is 0 Å². The number of aromatic nitrogens is 3. The molecule has 4 nitrogen and oxygen atoms in total. The molecule has 1 atom stereocenters. The Bertz CT molecular complexity index is 432. The van der Waals surface area contributed by atoms with Crippen LogP contribution in [0.2, 0.25) is 0 Å². The van der Waals surface area contributed by atoms with E-state index in [2.05, 4.69) is 26.8 Å². The molecule has 17 heavy (non-hydrogen) atoms. The number of aryl methyl sites for hydroxylation is 2. The van der Waals surface area contributed by atoms with Crippen molar-refractivity contribution >= 4 is 11.3 Å². The van der Waals surface area contributed by atoms with Crippen molar-refractivity contribution in [3.63, 3.8) is 0 Å². The number of hydrogen-bond acceptors (Lipinski definition) is 4. The van der Waals surface area contributed by atoms with Crippen LogP contribution in [0.4, 0.5) is 0 Å². The van der Waals surface area contributed by atoms with Gasteiger partial charge in [-0.3, -0.25) is 4.68 Å². The maximum absolute atomic E-state index is 4.50. The van der Waals surface area contributed by atoms with E-state index in [1.807, 2.05) is 31.9 Å². The van der Waals surface area contributed by atoms with Crippen molar-refractivity contribution in [2.75, 3.05) is 7.05 Å². The largest absolute Gasteiger partial charge is 0.316 e. The molecule has 0 radical (unpaired) electrons. The number of thiazole rings is 1. The number of nitrogens with one attached hydrogen (secondary N) is 1. The third-order valence-electron chi connectivity index (χ3n) is 2.75. The van der Waals surface area contributed by atoms with Crippen LogP contribution >= 0.6 is 11.3 Å². The van der Waals surface area contributed by atoms with Gasteiger partial charge in [-0.15, -0.1) is 11.3 Å². The molecule has 2 aromatic rings. The molecule has 92 valence electrons. The van der Waals surface area contributed by atoms with Crippen LogP contribution in [-0.4, -0.2) is 27.9 Å². The van der Waals surface area contributed by atoms with E-state index < -0.39 is 0 Å². The zero-order chi connectivity index (χ0) is 12.3. The van der Waals surface area contributed by atoms with Gasteiger partial charge < -0.3 is 5.32 Å². The van der Waals surface area contributed by atoms with Gasteiger partial charge >= 0.3 is 0 Å². The van der Waals surface area contributed by atoms with E-state index in [1.165, 1.54) is 5.69 Å².